The zero-order chi connectivity index (χ0) is 18.1. The van der Waals surface area contributed by atoms with E-state index in [0.29, 0.717) is 22.2 Å². The first-order valence-electron chi connectivity index (χ1n) is 7.53. The molecule has 5 nitrogen and oxygen atoms in total. The third-order valence-corrected chi connectivity index (χ3v) is 5.58. The third-order valence-electron chi connectivity index (χ3n) is 3.77. The number of carbonyl (C=O) groups is 1. The Hall–Kier alpha value is -1.87. The lowest BCUT2D eigenvalue weighted by Crippen LogP contribution is -2.13. The molecule has 1 N–H and O–H groups in total. The molecule has 0 fully saturated rings. The van der Waals surface area contributed by atoms with Gasteiger partial charge in [-0.1, -0.05) is 17.4 Å². The Kier molecular flexibility index (Phi) is 5.14. The van der Waals surface area contributed by atoms with Gasteiger partial charge in [-0.2, -0.15) is 0 Å². The molecule has 0 bridgehead atoms. The van der Waals surface area contributed by atoms with Crippen molar-refractivity contribution in [1.29, 1.82) is 0 Å². The van der Waals surface area contributed by atoms with Crippen LogP contribution in [0.1, 0.15) is 21.5 Å². The Labute approximate surface area is 163 Å². The van der Waals surface area contributed by atoms with Crippen molar-refractivity contribution in [1.82, 2.24) is 4.98 Å². The maximum atomic E-state index is 12.7. The quantitative estimate of drug-likeness (QED) is 0.560. The number of hydrogen-bond donors (Lipinski definition) is 1. The maximum absolute atomic E-state index is 12.7. The molecular weight excluding hydrogens is 451 g/mol. The van der Waals surface area contributed by atoms with Gasteiger partial charge in [-0.3, -0.25) is 10.1 Å². The van der Waals surface area contributed by atoms with Gasteiger partial charge in [0, 0.05) is 3.57 Å². The van der Waals surface area contributed by atoms with E-state index in [0.717, 1.165) is 19.4 Å². The van der Waals surface area contributed by atoms with Crippen LogP contribution in [0.25, 0.3) is 10.2 Å². The van der Waals surface area contributed by atoms with E-state index in [-0.39, 0.29) is 5.91 Å². The average Bonchev–Trinajstić information content (AvgIpc) is 2.96. The minimum Gasteiger partial charge on any atom is -0.493 e. The number of fused-ring (bicyclic) bond motifs is 1. The molecule has 0 aliphatic rings. The van der Waals surface area contributed by atoms with Crippen molar-refractivity contribution in [3.05, 3.63) is 44.5 Å². The van der Waals surface area contributed by atoms with Crippen LogP contribution in [0, 0.1) is 17.4 Å². The number of aromatic nitrogens is 1. The third kappa shape index (κ3) is 3.57. The number of benzene rings is 2. The van der Waals surface area contributed by atoms with Crippen molar-refractivity contribution in [2.75, 3.05) is 19.5 Å². The first kappa shape index (κ1) is 17.9. The molecule has 0 saturated carbocycles. The lowest BCUT2D eigenvalue weighted by Gasteiger charge is -2.11. The molecule has 3 rings (SSSR count). The van der Waals surface area contributed by atoms with E-state index >= 15 is 0 Å². The number of hydrogen-bond acceptors (Lipinski definition) is 5. The Balaban J connectivity index is 1.93. The second-order valence-electron chi connectivity index (χ2n) is 5.59. The monoisotopic (exact) mass is 468 g/mol. The van der Waals surface area contributed by atoms with Crippen molar-refractivity contribution in [3.8, 4) is 11.5 Å². The topological polar surface area (TPSA) is 60.5 Å². The molecule has 1 aromatic heterocycles. The van der Waals surface area contributed by atoms with Crippen LogP contribution in [-0.4, -0.2) is 25.1 Å². The number of nitrogens with one attached hydrogen (secondary N) is 1. The van der Waals surface area contributed by atoms with Crippen LogP contribution < -0.4 is 14.8 Å². The van der Waals surface area contributed by atoms with Crippen LogP contribution in [0.5, 0.6) is 11.5 Å². The first-order chi connectivity index (χ1) is 11.9. The molecule has 0 aliphatic carbocycles. The molecule has 3 aromatic rings. The fourth-order valence-corrected chi connectivity index (χ4v) is 4.34. The second kappa shape index (κ2) is 7.17. The average molecular weight is 468 g/mol. The van der Waals surface area contributed by atoms with E-state index in [1.165, 1.54) is 16.9 Å². The fraction of sp³-hybridized carbons (Fsp3) is 0.222. The van der Waals surface area contributed by atoms with E-state index in [1.807, 2.05) is 6.92 Å². The van der Waals surface area contributed by atoms with Crippen molar-refractivity contribution in [2.24, 2.45) is 0 Å². The van der Waals surface area contributed by atoms with E-state index < -0.39 is 0 Å². The van der Waals surface area contributed by atoms with Crippen LogP contribution >= 0.6 is 33.9 Å². The highest BCUT2D eigenvalue weighted by molar-refractivity contribution is 14.1. The van der Waals surface area contributed by atoms with Gasteiger partial charge >= 0.3 is 0 Å². The summed E-state index contributed by atoms with van der Waals surface area (Å²) in [6, 6.07) is 7.62. The van der Waals surface area contributed by atoms with Gasteiger partial charge in [0.25, 0.3) is 5.91 Å². The SMILES string of the molecule is COc1cc(I)c(C(=O)Nc2nc3c(C)cc(C)cc3s2)cc1OC. The minimum atomic E-state index is -0.223. The molecule has 0 radical (unpaired) electrons. The zero-order valence-corrected chi connectivity index (χ0v) is 17.2. The fourth-order valence-electron chi connectivity index (χ4n) is 2.62. The number of methoxy groups -OCH3 is 2. The van der Waals surface area contributed by atoms with Crippen molar-refractivity contribution in [2.45, 2.75) is 13.8 Å². The highest BCUT2D eigenvalue weighted by Gasteiger charge is 2.17. The predicted molar refractivity (Wildman–Crippen MR) is 109 cm³/mol. The number of aryl methyl sites for hydroxylation is 2. The summed E-state index contributed by atoms with van der Waals surface area (Å²) in [5.41, 5.74) is 3.73. The lowest BCUT2D eigenvalue weighted by atomic mass is 10.1. The molecule has 25 heavy (non-hydrogen) atoms. The van der Waals surface area contributed by atoms with E-state index in [9.17, 15) is 4.79 Å². The maximum Gasteiger partial charge on any atom is 0.258 e. The molecule has 1 amide bonds. The van der Waals surface area contributed by atoms with Gasteiger partial charge in [0.15, 0.2) is 16.6 Å². The molecule has 0 spiro atoms. The van der Waals surface area contributed by atoms with Gasteiger partial charge < -0.3 is 9.47 Å². The van der Waals surface area contributed by atoms with Gasteiger partial charge in [-0.15, -0.1) is 0 Å². The number of anilines is 1. The summed E-state index contributed by atoms with van der Waals surface area (Å²) < 4.78 is 12.4. The number of carbonyl (C=O) groups excluding carboxylic acids is 1. The van der Waals surface area contributed by atoms with Gasteiger partial charge in [-0.05, 0) is 65.8 Å². The number of halogens is 1. The summed E-state index contributed by atoms with van der Waals surface area (Å²) >= 11 is 3.58. The summed E-state index contributed by atoms with van der Waals surface area (Å²) in [6.07, 6.45) is 0. The van der Waals surface area contributed by atoms with Gasteiger partial charge in [0.1, 0.15) is 0 Å². The summed E-state index contributed by atoms with van der Waals surface area (Å²) in [4.78, 5) is 17.2. The molecule has 0 aliphatic heterocycles. The first-order valence-corrected chi connectivity index (χ1v) is 9.43. The Morgan fingerprint density at radius 3 is 2.48 bits per heavy atom. The summed E-state index contributed by atoms with van der Waals surface area (Å²) in [6.45, 7) is 4.08. The van der Waals surface area contributed by atoms with E-state index in [1.54, 1.807) is 26.4 Å². The Bertz CT molecular complexity index is 969. The van der Waals surface area contributed by atoms with Crippen molar-refractivity contribution in [3.63, 3.8) is 0 Å². The second-order valence-corrected chi connectivity index (χ2v) is 7.78. The number of rotatable bonds is 4. The van der Waals surface area contributed by atoms with Crippen LogP contribution in [0.3, 0.4) is 0 Å². The van der Waals surface area contributed by atoms with E-state index in [4.69, 9.17) is 9.47 Å². The number of thiazole rings is 1. The Morgan fingerprint density at radius 1 is 1.12 bits per heavy atom. The largest absolute Gasteiger partial charge is 0.493 e. The summed E-state index contributed by atoms with van der Waals surface area (Å²) in [5.74, 6) is 0.886. The van der Waals surface area contributed by atoms with Gasteiger partial charge in [0.05, 0.1) is 30.0 Å². The van der Waals surface area contributed by atoms with Crippen LogP contribution in [0.4, 0.5) is 5.13 Å². The minimum absolute atomic E-state index is 0.223. The van der Waals surface area contributed by atoms with Crippen molar-refractivity contribution < 1.29 is 14.3 Å². The molecule has 1 heterocycles. The number of ether oxygens (including phenoxy) is 2. The summed E-state index contributed by atoms with van der Waals surface area (Å²) in [7, 11) is 3.12. The normalized spacial score (nSPS) is 10.8. The summed E-state index contributed by atoms with van der Waals surface area (Å²) in [5, 5.41) is 3.47. The van der Waals surface area contributed by atoms with Gasteiger partial charge in [-0.25, -0.2) is 4.98 Å². The number of nitrogens with zero attached hydrogens (tertiary/aromatic N) is 1. The van der Waals surface area contributed by atoms with E-state index in [2.05, 4.69) is 51.9 Å². The molecule has 2 aromatic carbocycles. The molecule has 0 saturated heterocycles. The number of amides is 1. The molecule has 0 atom stereocenters. The molecule has 130 valence electrons. The van der Waals surface area contributed by atoms with Crippen LogP contribution in [-0.2, 0) is 0 Å². The molecular formula is C18H17IN2O3S. The standard InChI is InChI=1S/C18H17IN2O3S/c1-9-5-10(2)16-15(6-9)25-18(20-16)21-17(22)11-7-13(23-3)14(24-4)8-12(11)19/h5-8H,1-4H3,(H,20,21,22). The van der Waals surface area contributed by atoms with Crippen molar-refractivity contribution >= 4 is 55.2 Å². The predicted octanol–water partition coefficient (Wildman–Crippen LogP) is 4.79. The zero-order valence-electron chi connectivity index (χ0n) is 14.3. The van der Waals surface area contributed by atoms with Crippen LogP contribution in [0.2, 0.25) is 0 Å². The van der Waals surface area contributed by atoms with Gasteiger partial charge in [0.2, 0.25) is 0 Å². The molecule has 7 heteroatoms. The highest BCUT2D eigenvalue weighted by atomic mass is 127. The Morgan fingerprint density at radius 2 is 1.80 bits per heavy atom. The molecule has 0 unspecified atom stereocenters. The van der Waals surface area contributed by atoms with Crippen LogP contribution in [0.15, 0.2) is 24.3 Å². The smallest absolute Gasteiger partial charge is 0.258 e. The highest BCUT2D eigenvalue weighted by Crippen LogP contribution is 2.33. The lowest BCUT2D eigenvalue weighted by molar-refractivity contribution is 0.102.